The summed E-state index contributed by atoms with van der Waals surface area (Å²) >= 11 is 7.26. The largest absolute Gasteiger partial charge is 0.332 e. The molecule has 1 aromatic carbocycles. The number of fused-ring (bicyclic) bond motifs is 1. The van der Waals surface area contributed by atoms with E-state index in [1.165, 1.54) is 23.4 Å². The predicted molar refractivity (Wildman–Crippen MR) is 101 cm³/mol. The van der Waals surface area contributed by atoms with Crippen LogP contribution in [0.15, 0.2) is 32.8 Å². The number of hydrogen-bond donors (Lipinski definition) is 0. The topological polar surface area (TPSA) is 73.4 Å². The van der Waals surface area contributed by atoms with Gasteiger partial charge in [0.2, 0.25) is 0 Å². The minimum absolute atomic E-state index is 0.0368. The second kappa shape index (κ2) is 6.65. The maximum atomic E-state index is 12.3. The first-order chi connectivity index (χ1) is 11.8. The van der Waals surface area contributed by atoms with Crippen molar-refractivity contribution in [3.63, 3.8) is 0 Å². The van der Waals surface area contributed by atoms with Crippen molar-refractivity contribution in [2.24, 2.45) is 19.1 Å². The average molecular weight is 378 g/mol. The lowest BCUT2D eigenvalue weighted by molar-refractivity contribution is 0.102. The Bertz CT molecular complexity index is 1040. The van der Waals surface area contributed by atoms with Crippen molar-refractivity contribution >= 4 is 40.0 Å². The number of Topliss-reactive ketones (excluding diaryl/α,β-unsaturated/α-hetero) is 1. The van der Waals surface area contributed by atoms with Crippen LogP contribution in [0.3, 0.4) is 0 Å². The molecule has 8 heteroatoms. The van der Waals surface area contributed by atoms with Crippen LogP contribution in [0.5, 0.6) is 0 Å². The van der Waals surface area contributed by atoms with E-state index in [9.17, 15) is 14.4 Å². The van der Waals surface area contributed by atoms with Gasteiger partial charge in [-0.2, -0.15) is 0 Å². The van der Waals surface area contributed by atoms with E-state index in [2.05, 4.69) is 4.99 Å². The van der Waals surface area contributed by atoms with E-state index in [1.54, 1.807) is 25.2 Å². The standard InChI is InChI=1S/C17H16ClN3O3S/c1-9-6-10(4-5-12(9)18)13(22)8-25-14-7-11-15(19-14)20(2)17(24)21(3)16(11)23/h4-6H,7-8H2,1-3H3. The van der Waals surface area contributed by atoms with Crippen LogP contribution in [0.4, 0.5) is 5.82 Å². The molecule has 1 aliphatic heterocycles. The van der Waals surface area contributed by atoms with E-state index in [-0.39, 0.29) is 17.1 Å². The monoisotopic (exact) mass is 377 g/mol. The summed E-state index contributed by atoms with van der Waals surface area (Å²) in [6.45, 7) is 1.85. The summed E-state index contributed by atoms with van der Waals surface area (Å²) in [7, 11) is 3.03. The van der Waals surface area contributed by atoms with Crippen LogP contribution in [-0.2, 0) is 20.5 Å². The third kappa shape index (κ3) is 3.21. The van der Waals surface area contributed by atoms with E-state index in [1.807, 2.05) is 6.92 Å². The van der Waals surface area contributed by atoms with Gasteiger partial charge in [-0.05, 0) is 30.7 Å². The molecule has 3 rings (SSSR count). The van der Waals surface area contributed by atoms with E-state index in [0.717, 1.165) is 10.1 Å². The average Bonchev–Trinajstić information content (AvgIpc) is 3.03. The van der Waals surface area contributed by atoms with E-state index < -0.39 is 5.69 Å². The van der Waals surface area contributed by atoms with Crippen molar-refractivity contribution in [1.29, 1.82) is 0 Å². The molecule has 0 saturated heterocycles. The summed E-state index contributed by atoms with van der Waals surface area (Å²) < 4.78 is 2.43. The molecule has 1 aliphatic rings. The number of aliphatic imine (C=N–C) groups is 1. The highest BCUT2D eigenvalue weighted by Crippen LogP contribution is 2.27. The van der Waals surface area contributed by atoms with Gasteiger partial charge in [0.05, 0.1) is 16.4 Å². The molecule has 6 nitrogen and oxygen atoms in total. The molecule has 0 N–H and O–H groups in total. The van der Waals surface area contributed by atoms with Gasteiger partial charge in [-0.25, -0.2) is 9.79 Å². The van der Waals surface area contributed by atoms with Crippen molar-refractivity contribution < 1.29 is 4.79 Å². The van der Waals surface area contributed by atoms with Crippen LogP contribution in [0.2, 0.25) is 5.02 Å². The van der Waals surface area contributed by atoms with E-state index >= 15 is 0 Å². The number of nitrogens with zero attached hydrogens (tertiary/aromatic N) is 3. The maximum absolute atomic E-state index is 12.3. The number of aromatic nitrogens is 2. The van der Waals surface area contributed by atoms with Gasteiger partial charge in [0, 0.05) is 31.1 Å². The van der Waals surface area contributed by atoms with Crippen molar-refractivity contribution in [2.75, 3.05) is 5.75 Å². The Hall–Kier alpha value is -2.12. The maximum Gasteiger partial charge on any atom is 0.332 e. The van der Waals surface area contributed by atoms with Crippen LogP contribution >= 0.6 is 23.4 Å². The van der Waals surface area contributed by atoms with Crippen molar-refractivity contribution in [3.8, 4) is 0 Å². The summed E-state index contributed by atoms with van der Waals surface area (Å²) in [6.07, 6.45) is 0.341. The number of ketones is 1. The molecular weight excluding hydrogens is 362 g/mol. The Morgan fingerprint density at radius 3 is 2.68 bits per heavy atom. The first kappa shape index (κ1) is 17.7. The molecule has 2 aromatic rings. The first-order valence-corrected chi connectivity index (χ1v) is 8.94. The normalized spacial score (nSPS) is 12.9. The Kier molecular flexibility index (Phi) is 4.71. The van der Waals surface area contributed by atoms with Gasteiger partial charge in [-0.15, -0.1) is 11.8 Å². The third-order valence-electron chi connectivity index (χ3n) is 4.13. The molecule has 0 spiro atoms. The fourth-order valence-electron chi connectivity index (χ4n) is 2.64. The minimum Gasteiger partial charge on any atom is -0.293 e. The second-order valence-electron chi connectivity index (χ2n) is 5.87. The summed E-state index contributed by atoms with van der Waals surface area (Å²) in [4.78, 5) is 40.9. The lowest BCUT2D eigenvalue weighted by Gasteiger charge is -2.05. The molecule has 0 fully saturated rings. The second-order valence-corrected chi connectivity index (χ2v) is 7.32. The zero-order valence-corrected chi connectivity index (χ0v) is 15.6. The Morgan fingerprint density at radius 2 is 2.00 bits per heavy atom. The quantitative estimate of drug-likeness (QED) is 0.769. The molecule has 1 aromatic heterocycles. The number of rotatable bonds is 3. The zero-order valence-electron chi connectivity index (χ0n) is 14.0. The van der Waals surface area contributed by atoms with Crippen molar-refractivity contribution in [3.05, 3.63) is 60.8 Å². The molecule has 0 atom stereocenters. The van der Waals surface area contributed by atoms with Crippen LogP contribution in [0, 0.1) is 6.92 Å². The summed E-state index contributed by atoms with van der Waals surface area (Å²) in [6, 6.07) is 5.16. The number of thioether (sulfide) groups is 1. The lowest BCUT2D eigenvalue weighted by atomic mass is 10.1. The van der Waals surface area contributed by atoms with Gasteiger partial charge in [0.1, 0.15) is 5.82 Å². The Balaban J connectivity index is 1.77. The fraction of sp³-hybridized carbons (Fsp3) is 0.294. The molecule has 0 unspecified atom stereocenters. The highest BCUT2D eigenvalue weighted by atomic mass is 35.5. The zero-order chi connectivity index (χ0) is 18.3. The van der Waals surface area contributed by atoms with Gasteiger partial charge in [-0.1, -0.05) is 11.6 Å². The number of hydrogen-bond acceptors (Lipinski definition) is 5. The van der Waals surface area contributed by atoms with E-state index in [4.69, 9.17) is 11.6 Å². The van der Waals surface area contributed by atoms with Gasteiger partial charge in [-0.3, -0.25) is 18.7 Å². The van der Waals surface area contributed by atoms with Crippen LogP contribution in [0.25, 0.3) is 0 Å². The first-order valence-electron chi connectivity index (χ1n) is 7.58. The summed E-state index contributed by atoms with van der Waals surface area (Å²) in [5.74, 6) is 0.554. The van der Waals surface area contributed by atoms with E-state index in [0.29, 0.717) is 33.4 Å². The Labute approximate surface area is 153 Å². The predicted octanol–water partition coefficient (Wildman–Crippen LogP) is 2.25. The highest BCUT2D eigenvalue weighted by molar-refractivity contribution is 8.14. The molecule has 2 heterocycles. The molecule has 130 valence electrons. The molecular formula is C17H16ClN3O3S. The highest BCUT2D eigenvalue weighted by Gasteiger charge is 2.24. The van der Waals surface area contributed by atoms with Gasteiger partial charge in [0.25, 0.3) is 5.56 Å². The van der Waals surface area contributed by atoms with Gasteiger partial charge >= 0.3 is 5.69 Å². The molecule has 25 heavy (non-hydrogen) atoms. The van der Waals surface area contributed by atoms with Gasteiger partial charge < -0.3 is 0 Å². The smallest absolute Gasteiger partial charge is 0.293 e. The number of halogens is 1. The number of aryl methyl sites for hydroxylation is 1. The van der Waals surface area contributed by atoms with Crippen LogP contribution in [0.1, 0.15) is 21.5 Å². The SMILES string of the molecule is Cc1cc(C(=O)CSC2=Nc3c(c(=O)n(C)c(=O)n3C)C2)ccc1Cl. The lowest BCUT2D eigenvalue weighted by Crippen LogP contribution is -2.38. The number of carbonyl (C=O) groups excluding carboxylic acids is 1. The third-order valence-corrected chi connectivity index (χ3v) is 5.53. The van der Waals surface area contributed by atoms with Crippen LogP contribution < -0.4 is 11.2 Å². The number of carbonyl (C=O) groups is 1. The molecule has 0 bridgehead atoms. The fourth-order valence-corrected chi connectivity index (χ4v) is 3.62. The summed E-state index contributed by atoms with van der Waals surface area (Å²) in [5, 5.41) is 1.28. The molecule has 0 radical (unpaired) electrons. The molecule has 0 saturated carbocycles. The van der Waals surface area contributed by atoms with Gasteiger partial charge in [0.15, 0.2) is 5.78 Å². The number of benzene rings is 1. The molecule has 0 amide bonds. The van der Waals surface area contributed by atoms with Crippen LogP contribution in [-0.4, -0.2) is 25.7 Å². The summed E-state index contributed by atoms with van der Waals surface area (Å²) in [5.41, 5.74) is 1.18. The minimum atomic E-state index is -0.411. The Morgan fingerprint density at radius 1 is 1.28 bits per heavy atom. The van der Waals surface area contributed by atoms with Crippen molar-refractivity contribution in [2.45, 2.75) is 13.3 Å². The van der Waals surface area contributed by atoms with Crippen molar-refractivity contribution in [1.82, 2.24) is 9.13 Å². The molecule has 0 aliphatic carbocycles.